The van der Waals surface area contributed by atoms with Crippen molar-refractivity contribution in [3.05, 3.63) is 53.6 Å². The van der Waals surface area contributed by atoms with Crippen LogP contribution in [0.3, 0.4) is 0 Å². The van der Waals surface area contributed by atoms with Gasteiger partial charge in [0, 0.05) is 18.7 Å². The molecule has 0 saturated heterocycles. The second-order valence-electron chi connectivity index (χ2n) is 5.78. The lowest BCUT2D eigenvalue weighted by Gasteiger charge is -2.41. The van der Waals surface area contributed by atoms with Crippen molar-refractivity contribution >= 4 is 17.3 Å². The van der Waals surface area contributed by atoms with Crippen molar-refractivity contribution in [2.24, 2.45) is 0 Å². The lowest BCUT2D eigenvalue weighted by molar-refractivity contribution is 0.0986. The maximum absolute atomic E-state index is 12.9. The zero-order valence-electron chi connectivity index (χ0n) is 12.6. The van der Waals surface area contributed by atoms with Crippen molar-refractivity contribution < 1.29 is 9.53 Å². The molecule has 4 heteroatoms. The lowest BCUT2D eigenvalue weighted by Crippen LogP contribution is -2.47. The number of aryl methyl sites for hydroxylation is 1. The topological polar surface area (TPSA) is 32.8 Å². The number of amides is 1. The van der Waals surface area contributed by atoms with E-state index in [2.05, 4.69) is 4.90 Å². The zero-order valence-corrected chi connectivity index (χ0v) is 12.6. The van der Waals surface area contributed by atoms with Crippen LogP contribution in [-0.2, 0) is 0 Å². The summed E-state index contributed by atoms with van der Waals surface area (Å²) in [6, 6.07) is 13.7. The number of para-hydroxylation sites is 1. The molecule has 0 atom stereocenters. The molecular weight excluding hydrogens is 276 g/mol. The molecule has 22 heavy (non-hydrogen) atoms. The number of rotatable bonds is 1. The second-order valence-corrected chi connectivity index (χ2v) is 5.78. The predicted octanol–water partition coefficient (Wildman–Crippen LogP) is 2.85. The van der Waals surface area contributed by atoms with Gasteiger partial charge in [-0.05, 0) is 31.2 Å². The SMILES string of the molecule is Cc1ccc(C(=O)N2CCN3CCOc4cccc2c43)cc1. The molecule has 2 aromatic rings. The van der Waals surface area contributed by atoms with Crippen molar-refractivity contribution in [2.75, 3.05) is 36.0 Å². The summed E-state index contributed by atoms with van der Waals surface area (Å²) in [7, 11) is 0. The highest BCUT2D eigenvalue weighted by atomic mass is 16.5. The third-order valence-electron chi connectivity index (χ3n) is 4.34. The van der Waals surface area contributed by atoms with E-state index in [1.165, 1.54) is 0 Å². The molecule has 0 aliphatic carbocycles. The molecule has 0 spiro atoms. The highest BCUT2D eigenvalue weighted by Crippen LogP contribution is 2.42. The first-order valence-electron chi connectivity index (χ1n) is 7.63. The van der Waals surface area contributed by atoms with E-state index in [1.54, 1.807) is 0 Å². The van der Waals surface area contributed by atoms with Crippen molar-refractivity contribution in [1.29, 1.82) is 0 Å². The zero-order chi connectivity index (χ0) is 15.1. The highest BCUT2D eigenvalue weighted by molar-refractivity contribution is 6.09. The van der Waals surface area contributed by atoms with Gasteiger partial charge in [-0.3, -0.25) is 4.79 Å². The molecule has 0 bridgehead atoms. The summed E-state index contributed by atoms with van der Waals surface area (Å²) >= 11 is 0. The van der Waals surface area contributed by atoms with Crippen molar-refractivity contribution in [1.82, 2.24) is 0 Å². The largest absolute Gasteiger partial charge is 0.489 e. The third-order valence-corrected chi connectivity index (χ3v) is 4.34. The molecule has 0 radical (unpaired) electrons. The van der Waals surface area contributed by atoms with E-state index in [1.807, 2.05) is 54.3 Å². The van der Waals surface area contributed by atoms with Gasteiger partial charge in [0.15, 0.2) is 0 Å². The maximum atomic E-state index is 12.9. The molecule has 4 rings (SSSR count). The van der Waals surface area contributed by atoms with E-state index < -0.39 is 0 Å². The fraction of sp³-hybridized carbons (Fsp3) is 0.278. The maximum Gasteiger partial charge on any atom is 0.258 e. The first kappa shape index (κ1) is 13.2. The van der Waals surface area contributed by atoms with Crippen molar-refractivity contribution in [3.63, 3.8) is 0 Å². The fourth-order valence-electron chi connectivity index (χ4n) is 3.17. The Morgan fingerprint density at radius 3 is 2.68 bits per heavy atom. The van der Waals surface area contributed by atoms with Gasteiger partial charge < -0.3 is 14.5 Å². The average Bonchev–Trinajstić information content (AvgIpc) is 2.56. The summed E-state index contributed by atoms with van der Waals surface area (Å²) in [6.45, 7) is 5.19. The lowest BCUT2D eigenvalue weighted by atomic mass is 10.1. The molecule has 0 unspecified atom stereocenters. The molecule has 0 saturated carbocycles. The van der Waals surface area contributed by atoms with E-state index in [0.717, 1.165) is 41.3 Å². The Bertz CT molecular complexity index is 724. The van der Waals surface area contributed by atoms with Crippen LogP contribution in [0.1, 0.15) is 15.9 Å². The molecule has 0 N–H and O–H groups in total. The Hall–Kier alpha value is -2.49. The number of hydrogen-bond donors (Lipinski definition) is 0. The minimum atomic E-state index is 0.0543. The van der Waals surface area contributed by atoms with E-state index in [-0.39, 0.29) is 5.91 Å². The third kappa shape index (κ3) is 2.03. The van der Waals surface area contributed by atoms with Gasteiger partial charge in [0.25, 0.3) is 5.91 Å². The Kier molecular flexibility index (Phi) is 3.03. The Morgan fingerprint density at radius 2 is 1.86 bits per heavy atom. The van der Waals surface area contributed by atoms with Gasteiger partial charge in [-0.15, -0.1) is 0 Å². The van der Waals surface area contributed by atoms with E-state index >= 15 is 0 Å². The van der Waals surface area contributed by atoms with Gasteiger partial charge in [-0.1, -0.05) is 23.8 Å². The first-order chi connectivity index (χ1) is 10.7. The number of anilines is 2. The van der Waals surface area contributed by atoms with Crippen LogP contribution in [0.2, 0.25) is 0 Å². The average molecular weight is 294 g/mol. The van der Waals surface area contributed by atoms with Crippen LogP contribution in [0.15, 0.2) is 42.5 Å². The van der Waals surface area contributed by atoms with Crippen LogP contribution in [0, 0.1) is 6.92 Å². The van der Waals surface area contributed by atoms with Gasteiger partial charge in [-0.25, -0.2) is 0 Å². The molecule has 2 aromatic carbocycles. The summed E-state index contributed by atoms with van der Waals surface area (Å²) in [4.78, 5) is 17.0. The summed E-state index contributed by atoms with van der Waals surface area (Å²) in [5.41, 5.74) is 3.90. The monoisotopic (exact) mass is 294 g/mol. The molecule has 2 aliphatic heterocycles. The molecule has 0 fully saturated rings. The number of hydrogen-bond acceptors (Lipinski definition) is 3. The Labute approximate surface area is 129 Å². The molecule has 112 valence electrons. The first-order valence-corrected chi connectivity index (χ1v) is 7.63. The minimum absolute atomic E-state index is 0.0543. The highest BCUT2D eigenvalue weighted by Gasteiger charge is 2.31. The fourth-order valence-corrected chi connectivity index (χ4v) is 3.17. The molecule has 2 aliphatic rings. The van der Waals surface area contributed by atoms with Crippen molar-refractivity contribution in [3.8, 4) is 5.75 Å². The number of carbonyl (C=O) groups excluding carboxylic acids is 1. The number of benzene rings is 2. The van der Waals surface area contributed by atoms with Gasteiger partial charge in [0.2, 0.25) is 0 Å². The Morgan fingerprint density at radius 1 is 1.05 bits per heavy atom. The molecule has 1 amide bonds. The van der Waals surface area contributed by atoms with Crippen LogP contribution in [0.5, 0.6) is 5.75 Å². The van der Waals surface area contributed by atoms with E-state index in [9.17, 15) is 4.79 Å². The normalized spacial score (nSPS) is 16.0. The molecule has 2 heterocycles. The van der Waals surface area contributed by atoms with E-state index in [4.69, 9.17) is 4.74 Å². The number of ether oxygens (including phenoxy) is 1. The molecular formula is C18H18N2O2. The van der Waals surface area contributed by atoms with Gasteiger partial charge in [0.05, 0.1) is 12.2 Å². The predicted molar refractivity (Wildman–Crippen MR) is 87.0 cm³/mol. The van der Waals surface area contributed by atoms with Crippen LogP contribution < -0.4 is 14.5 Å². The summed E-state index contributed by atoms with van der Waals surface area (Å²) in [6.07, 6.45) is 0. The standard InChI is InChI=1S/C18H18N2O2/c1-13-5-7-14(8-6-13)18(21)20-10-9-19-11-12-22-16-4-2-3-15(20)17(16)19/h2-8H,9-12H2,1H3. The minimum Gasteiger partial charge on any atom is -0.489 e. The van der Waals surface area contributed by atoms with Gasteiger partial charge >= 0.3 is 0 Å². The quantitative estimate of drug-likeness (QED) is 0.811. The summed E-state index contributed by atoms with van der Waals surface area (Å²) in [5.74, 6) is 0.934. The van der Waals surface area contributed by atoms with Crippen LogP contribution in [0.25, 0.3) is 0 Å². The summed E-state index contributed by atoms with van der Waals surface area (Å²) in [5, 5.41) is 0. The molecule has 0 aromatic heterocycles. The van der Waals surface area contributed by atoms with E-state index in [0.29, 0.717) is 13.2 Å². The van der Waals surface area contributed by atoms with Crippen LogP contribution >= 0.6 is 0 Å². The second kappa shape index (κ2) is 5.05. The van der Waals surface area contributed by atoms with Gasteiger partial charge in [-0.2, -0.15) is 0 Å². The summed E-state index contributed by atoms with van der Waals surface area (Å²) < 4.78 is 5.74. The van der Waals surface area contributed by atoms with Crippen LogP contribution in [0.4, 0.5) is 11.4 Å². The van der Waals surface area contributed by atoms with Crippen molar-refractivity contribution in [2.45, 2.75) is 6.92 Å². The van der Waals surface area contributed by atoms with Gasteiger partial charge in [0.1, 0.15) is 18.0 Å². The molecule has 4 nitrogen and oxygen atoms in total. The smallest absolute Gasteiger partial charge is 0.258 e. The Balaban J connectivity index is 1.75. The number of nitrogens with zero attached hydrogens (tertiary/aromatic N) is 2. The number of carbonyl (C=O) groups is 1. The van der Waals surface area contributed by atoms with Crippen LogP contribution in [-0.4, -0.2) is 32.1 Å².